The number of hydrogen-bond donors (Lipinski definition) is 1. The van der Waals surface area contributed by atoms with E-state index in [0.29, 0.717) is 0 Å². The summed E-state index contributed by atoms with van der Waals surface area (Å²) in [5, 5.41) is 7.00. The zero-order valence-electron chi connectivity index (χ0n) is 3.89. The summed E-state index contributed by atoms with van der Waals surface area (Å²) in [5.74, 6) is 0. The van der Waals surface area contributed by atoms with Crippen LogP contribution in [0.2, 0.25) is 0 Å². The normalized spacial score (nSPS) is 8.25. The van der Waals surface area contributed by atoms with Gasteiger partial charge in [-0.1, -0.05) is 0 Å². The van der Waals surface area contributed by atoms with Gasteiger partial charge in [0, 0.05) is 24.2 Å². The van der Waals surface area contributed by atoms with Gasteiger partial charge in [-0.3, -0.25) is 0 Å². The minimum absolute atomic E-state index is 0. The molecule has 8 heavy (non-hydrogen) atoms. The molecule has 0 amide bonds. The summed E-state index contributed by atoms with van der Waals surface area (Å²) in [5.41, 5.74) is 0. The minimum atomic E-state index is -6.00. The number of aliphatic hydroxyl groups excluding tert-OH is 1. The van der Waals surface area contributed by atoms with Crippen LogP contribution in [0.15, 0.2) is 0 Å². The van der Waals surface area contributed by atoms with E-state index in [2.05, 4.69) is 0 Å². The summed E-state index contributed by atoms with van der Waals surface area (Å²) in [6, 6.07) is 0. The van der Waals surface area contributed by atoms with E-state index >= 15 is 0 Å². The summed E-state index contributed by atoms with van der Waals surface area (Å²) in [6.07, 6.45) is 0. The van der Waals surface area contributed by atoms with E-state index in [-0.39, 0.29) is 17.1 Å². The fourth-order valence-corrected chi connectivity index (χ4v) is 0. The number of rotatable bonds is 0. The van der Waals surface area contributed by atoms with Crippen LogP contribution in [0.5, 0.6) is 0 Å². The van der Waals surface area contributed by atoms with Crippen LogP contribution in [0.4, 0.5) is 17.3 Å². The van der Waals surface area contributed by atoms with Gasteiger partial charge < -0.3 is 22.4 Å². The molecule has 0 aliphatic rings. The van der Waals surface area contributed by atoms with E-state index in [1.165, 1.54) is 0 Å². The Morgan fingerprint density at radius 2 is 1.00 bits per heavy atom. The van der Waals surface area contributed by atoms with Crippen LogP contribution < -0.4 is 0 Å². The second kappa shape index (κ2) is 7.26. The molecule has 0 radical (unpaired) electrons. The summed E-state index contributed by atoms with van der Waals surface area (Å²) >= 11 is 0. The first-order chi connectivity index (χ1) is 3.00. The van der Waals surface area contributed by atoms with Crippen LogP contribution in [-0.2, 0) is 17.1 Å². The monoisotopic (exact) mass is 175 g/mol. The van der Waals surface area contributed by atoms with Crippen molar-refractivity contribution in [2.75, 3.05) is 7.11 Å². The standard InChI is InChI=1S/CH4O.BF4.Fe/c1-2;2-1(3,4)5;/h2H,1H3;;/q;-1;. The van der Waals surface area contributed by atoms with Crippen LogP contribution in [0.3, 0.4) is 0 Å². The van der Waals surface area contributed by atoms with E-state index in [9.17, 15) is 17.3 Å². The van der Waals surface area contributed by atoms with Crippen molar-refractivity contribution >= 4 is 7.25 Å². The molecular weight excluding hydrogens is 171 g/mol. The Bertz CT molecular complexity index is 31.5. The van der Waals surface area contributed by atoms with Crippen molar-refractivity contribution in [3.63, 3.8) is 0 Å². The Hall–Kier alpha value is 0.264. The van der Waals surface area contributed by atoms with Gasteiger partial charge in [-0.05, 0) is 0 Å². The van der Waals surface area contributed by atoms with E-state index in [1.807, 2.05) is 0 Å². The zero-order valence-corrected chi connectivity index (χ0v) is 4.99. The van der Waals surface area contributed by atoms with Crippen molar-refractivity contribution in [1.29, 1.82) is 0 Å². The van der Waals surface area contributed by atoms with Gasteiger partial charge in [-0.25, -0.2) is 0 Å². The van der Waals surface area contributed by atoms with Crippen LogP contribution >= 0.6 is 0 Å². The van der Waals surface area contributed by atoms with Gasteiger partial charge in [0.2, 0.25) is 0 Å². The molecule has 0 heterocycles. The molecule has 0 fully saturated rings. The summed E-state index contributed by atoms with van der Waals surface area (Å²) in [4.78, 5) is 0. The number of aliphatic hydroxyl groups is 1. The Labute approximate surface area is 54.7 Å². The van der Waals surface area contributed by atoms with Crippen molar-refractivity contribution in [2.24, 2.45) is 0 Å². The first-order valence-corrected chi connectivity index (χ1v) is 1.32. The van der Waals surface area contributed by atoms with E-state index in [0.717, 1.165) is 7.11 Å². The summed E-state index contributed by atoms with van der Waals surface area (Å²) in [7, 11) is -5.00. The van der Waals surface area contributed by atoms with Crippen LogP contribution in [0.1, 0.15) is 0 Å². The molecule has 0 aliphatic heterocycles. The first-order valence-electron chi connectivity index (χ1n) is 1.32. The molecule has 0 atom stereocenters. The molecule has 0 saturated carbocycles. The second-order valence-electron chi connectivity index (χ2n) is 0.495. The van der Waals surface area contributed by atoms with E-state index < -0.39 is 7.25 Å². The van der Waals surface area contributed by atoms with Crippen molar-refractivity contribution < 1.29 is 39.4 Å². The van der Waals surface area contributed by atoms with Crippen molar-refractivity contribution in [3.8, 4) is 0 Å². The minimum Gasteiger partial charge on any atom is -0.418 e. The molecule has 0 rings (SSSR count). The van der Waals surface area contributed by atoms with Gasteiger partial charge in [0.05, 0.1) is 0 Å². The third-order valence-electron chi connectivity index (χ3n) is 0. The molecule has 7 heteroatoms. The predicted molar refractivity (Wildman–Crippen MR) is 18.3 cm³/mol. The quantitative estimate of drug-likeness (QED) is 0.428. The van der Waals surface area contributed by atoms with Gasteiger partial charge in [-0.15, -0.1) is 0 Å². The molecule has 0 bridgehead atoms. The Kier molecular flexibility index (Phi) is 14.3. The molecule has 0 aliphatic carbocycles. The predicted octanol–water partition coefficient (Wildman–Crippen LogP) is 0.906. The van der Waals surface area contributed by atoms with Crippen LogP contribution in [0.25, 0.3) is 0 Å². The summed E-state index contributed by atoms with van der Waals surface area (Å²) < 4.78 is 39.0. The molecule has 0 spiro atoms. The molecular formula is CH4BF4FeO-. The maximum Gasteiger partial charge on any atom is 0.673 e. The fraction of sp³-hybridized carbons (Fsp3) is 1.00. The summed E-state index contributed by atoms with van der Waals surface area (Å²) in [6.45, 7) is 0. The topological polar surface area (TPSA) is 20.2 Å². The van der Waals surface area contributed by atoms with Gasteiger partial charge in [0.15, 0.2) is 0 Å². The van der Waals surface area contributed by atoms with Gasteiger partial charge in [0.1, 0.15) is 0 Å². The van der Waals surface area contributed by atoms with E-state index in [1.54, 1.807) is 0 Å². The zero-order chi connectivity index (χ0) is 6.50. The third-order valence-corrected chi connectivity index (χ3v) is 0. The smallest absolute Gasteiger partial charge is 0.418 e. The Morgan fingerprint density at radius 3 is 1.00 bits per heavy atom. The molecule has 54 valence electrons. The van der Waals surface area contributed by atoms with Gasteiger partial charge in [0.25, 0.3) is 0 Å². The maximum absolute atomic E-state index is 9.75. The molecule has 0 saturated heterocycles. The molecule has 1 N–H and O–H groups in total. The SMILES string of the molecule is CO.F[B-](F)(F)F.[Fe]. The number of halogens is 4. The molecule has 0 aromatic rings. The third kappa shape index (κ3) is 2480. The molecule has 1 nitrogen and oxygen atoms in total. The average Bonchev–Trinajstić information content (AvgIpc) is 1.36. The maximum atomic E-state index is 9.75. The average molecular weight is 175 g/mol. The van der Waals surface area contributed by atoms with Crippen molar-refractivity contribution in [3.05, 3.63) is 0 Å². The van der Waals surface area contributed by atoms with Gasteiger partial charge in [-0.2, -0.15) is 0 Å². The molecule has 0 unspecified atom stereocenters. The first kappa shape index (κ1) is 15.7. The van der Waals surface area contributed by atoms with Crippen LogP contribution in [-0.4, -0.2) is 19.5 Å². The second-order valence-corrected chi connectivity index (χ2v) is 0.495. The van der Waals surface area contributed by atoms with Crippen molar-refractivity contribution in [2.45, 2.75) is 0 Å². The molecule has 0 aromatic heterocycles. The molecule has 0 aromatic carbocycles. The van der Waals surface area contributed by atoms with E-state index in [4.69, 9.17) is 5.11 Å². The van der Waals surface area contributed by atoms with Gasteiger partial charge >= 0.3 is 7.25 Å². The fourth-order valence-electron chi connectivity index (χ4n) is 0. The Morgan fingerprint density at radius 1 is 1.00 bits per heavy atom. The Balaban J connectivity index is -0.0000000750. The van der Waals surface area contributed by atoms with Crippen LogP contribution in [0, 0.1) is 0 Å². The number of hydrogen-bond acceptors (Lipinski definition) is 1. The largest absolute Gasteiger partial charge is 0.673 e. The van der Waals surface area contributed by atoms with Crippen molar-refractivity contribution in [1.82, 2.24) is 0 Å².